The molecule has 2 heterocycles. The Morgan fingerprint density at radius 1 is 1.35 bits per heavy atom. The minimum Gasteiger partial charge on any atom is -0.435 e. The molecule has 0 saturated heterocycles. The van der Waals surface area contributed by atoms with E-state index >= 15 is 0 Å². The van der Waals surface area contributed by atoms with Gasteiger partial charge in [-0.1, -0.05) is 12.1 Å². The molecule has 1 N–H and O–H groups in total. The van der Waals surface area contributed by atoms with Crippen LogP contribution in [0.5, 0.6) is 5.75 Å². The Bertz CT molecular complexity index is 837. The number of hydrogen-bond acceptors (Lipinski definition) is 5. The van der Waals surface area contributed by atoms with Crippen LogP contribution in [0.25, 0.3) is 0 Å². The molecule has 0 bridgehead atoms. The van der Waals surface area contributed by atoms with E-state index in [4.69, 9.17) is 4.74 Å². The van der Waals surface area contributed by atoms with Crippen molar-refractivity contribution in [1.82, 2.24) is 14.9 Å². The number of ether oxygens (including phenoxy) is 2. The SMILES string of the molecule is O=C(Cn1cnc2c(c1=O)COCC2)NCc1ccc(OC(F)F)cc1. The summed E-state index contributed by atoms with van der Waals surface area (Å²) in [6.07, 6.45) is 1.95. The average Bonchev–Trinajstić information content (AvgIpc) is 2.63. The van der Waals surface area contributed by atoms with Crippen LogP contribution in [0.4, 0.5) is 8.78 Å². The van der Waals surface area contributed by atoms with Crippen molar-refractivity contribution < 1.29 is 23.0 Å². The lowest BCUT2D eigenvalue weighted by Crippen LogP contribution is -2.35. The number of carbonyl (C=O) groups excluding carboxylic acids is 1. The van der Waals surface area contributed by atoms with Crippen LogP contribution in [0.1, 0.15) is 16.8 Å². The zero-order valence-corrected chi connectivity index (χ0v) is 13.8. The van der Waals surface area contributed by atoms with E-state index in [2.05, 4.69) is 15.0 Å². The summed E-state index contributed by atoms with van der Waals surface area (Å²) >= 11 is 0. The molecule has 0 radical (unpaired) electrons. The van der Waals surface area contributed by atoms with E-state index in [1.54, 1.807) is 12.1 Å². The monoisotopic (exact) mass is 365 g/mol. The molecule has 2 aromatic rings. The first-order valence-electron chi connectivity index (χ1n) is 7.98. The maximum Gasteiger partial charge on any atom is 0.387 e. The first-order valence-corrected chi connectivity index (χ1v) is 7.98. The van der Waals surface area contributed by atoms with Crippen LogP contribution in [0, 0.1) is 0 Å². The Morgan fingerprint density at radius 2 is 2.12 bits per heavy atom. The Balaban J connectivity index is 1.57. The van der Waals surface area contributed by atoms with Crippen LogP contribution >= 0.6 is 0 Å². The number of hydrogen-bond donors (Lipinski definition) is 1. The van der Waals surface area contributed by atoms with Gasteiger partial charge in [-0.15, -0.1) is 0 Å². The number of halogens is 2. The average molecular weight is 365 g/mol. The number of benzene rings is 1. The second kappa shape index (κ2) is 8.05. The Labute approximate surface area is 147 Å². The second-order valence-electron chi connectivity index (χ2n) is 5.70. The fourth-order valence-electron chi connectivity index (χ4n) is 2.58. The topological polar surface area (TPSA) is 82.5 Å². The number of aromatic nitrogens is 2. The highest BCUT2D eigenvalue weighted by molar-refractivity contribution is 5.75. The molecule has 1 aromatic carbocycles. The number of fused-ring (bicyclic) bond motifs is 1. The molecule has 0 unspecified atom stereocenters. The highest BCUT2D eigenvalue weighted by atomic mass is 19.3. The van der Waals surface area contributed by atoms with Crippen molar-refractivity contribution >= 4 is 5.91 Å². The fourth-order valence-corrected chi connectivity index (χ4v) is 2.58. The molecule has 0 fully saturated rings. The molecule has 1 aliphatic heterocycles. The standard InChI is InChI=1S/C17H17F2N3O4/c18-17(19)26-12-3-1-11(2-4-12)7-20-15(23)8-22-10-21-14-5-6-25-9-13(14)16(22)24/h1-4,10,17H,5-9H2,(H,20,23). The molecule has 7 nitrogen and oxygen atoms in total. The molecule has 0 saturated carbocycles. The van der Waals surface area contributed by atoms with E-state index in [-0.39, 0.29) is 36.9 Å². The minimum absolute atomic E-state index is 0.0454. The quantitative estimate of drug-likeness (QED) is 0.833. The summed E-state index contributed by atoms with van der Waals surface area (Å²) in [5, 5.41) is 2.67. The third kappa shape index (κ3) is 4.42. The van der Waals surface area contributed by atoms with E-state index in [1.807, 2.05) is 0 Å². The van der Waals surface area contributed by atoms with Gasteiger partial charge in [0.15, 0.2) is 0 Å². The number of carbonyl (C=O) groups is 1. The lowest BCUT2D eigenvalue weighted by Gasteiger charge is -2.16. The van der Waals surface area contributed by atoms with Gasteiger partial charge in [0.25, 0.3) is 5.56 Å². The summed E-state index contributed by atoms with van der Waals surface area (Å²) in [6.45, 7) is -2.10. The lowest BCUT2D eigenvalue weighted by molar-refractivity contribution is -0.121. The number of nitrogens with one attached hydrogen (secondary N) is 1. The van der Waals surface area contributed by atoms with Gasteiger partial charge in [-0.3, -0.25) is 14.2 Å². The predicted molar refractivity (Wildman–Crippen MR) is 86.8 cm³/mol. The summed E-state index contributed by atoms with van der Waals surface area (Å²) in [6, 6.07) is 5.93. The van der Waals surface area contributed by atoms with E-state index in [9.17, 15) is 18.4 Å². The van der Waals surface area contributed by atoms with Crippen molar-refractivity contribution in [2.24, 2.45) is 0 Å². The molecule has 26 heavy (non-hydrogen) atoms. The van der Waals surface area contributed by atoms with Gasteiger partial charge < -0.3 is 14.8 Å². The summed E-state index contributed by atoms with van der Waals surface area (Å²) in [4.78, 5) is 28.6. The molecule has 9 heteroatoms. The number of alkyl halides is 2. The zero-order chi connectivity index (χ0) is 18.5. The highest BCUT2D eigenvalue weighted by Gasteiger charge is 2.17. The van der Waals surface area contributed by atoms with Crippen molar-refractivity contribution in [3.8, 4) is 5.75 Å². The van der Waals surface area contributed by atoms with Crippen molar-refractivity contribution in [2.45, 2.75) is 32.7 Å². The Hall–Kier alpha value is -2.81. The van der Waals surface area contributed by atoms with Gasteiger partial charge in [-0.25, -0.2) is 4.98 Å². The molecular weight excluding hydrogens is 348 g/mol. The third-order valence-electron chi connectivity index (χ3n) is 3.90. The van der Waals surface area contributed by atoms with Crippen molar-refractivity contribution in [3.05, 3.63) is 57.8 Å². The Morgan fingerprint density at radius 3 is 2.85 bits per heavy atom. The first-order chi connectivity index (χ1) is 12.5. The summed E-state index contributed by atoms with van der Waals surface area (Å²) in [5.74, 6) is -0.317. The molecule has 0 atom stereocenters. The smallest absolute Gasteiger partial charge is 0.387 e. The fraction of sp³-hybridized carbons (Fsp3) is 0.353. The molecule has 138 valence electrons. The maximum absolute atomic E-state index is 12.3. The minimum atomic E-state index is -2.88. The van der Waals surface area contributed by atoms with Crippen LogP contribution in [-0.2, 0) is 35.6 Å². The van der Waals surface area contributed by atoms with Crippen molar-refractivity contribution in [1.29, 1.82) is 0 Å². The Kier molecular flexibility index (Phi) is 5.57. The molecule has 3 rings (SSSR count). The van der Waals surface area contributed by atoms with Gasteiger partial charge in [0.1, 0.15) is 12.3 Å². The molecule has 1 aliphatic rings. The van der Waals surface area contributed by atoms with Crippen LogP contribution in [0.15, 0.2) is 35.4 Å². The summed E-state index contributed by atoms with van der Waals surface area (Å²) < 4.78 is 35.0. The van der Waals surface area contributed by atoms with E-state index < -0.39 is 6.61 Å². The van der Waals surface area contributed by atoms with E-state index in [0.717, 1.165) is 0 Å². The summed E-state index contributed by atoms with van der Waals surface area (Å²) in [7, 11) is 0. The second-order valence-corrected chi connectivity index (χ2v) is 5.70. The maximum atomic E-state index is 12.3. The number of rotatable bonds is 6. The number of nitrogens with zero attached hydrogens (tertiary/aromatic N) is 2. The largest absolute Gasteiger partial charge is 0.435 e. The third-order valence-corrected chi connectivity index (χ3v) is 3.90. The van der Waals surface area contributed by atoms with Gasteiger partial charge >= 0.3 is 6.61 Å². The van der Waals surface area contributed by atoms with Crippen LogP contribution in [0.2, 0.25) is 0 Å². The zero-order valence-electron chi connectivity index (χ0n) is 13.8. The van der Waals surface area contributed by atoms with Gasteiger partial charge in [0, 0.05) is 13.0 Å². The molecule has 1 aromatic heterocycles. The van der Waals surface area contributed by atoms with Crippen molar-refractivity contribution in [2.75, 3.05) is 6.61 Å². The predicted octanol–water partition coefficient (Wildman–Crippen LogP) is 1.23. The molecular formula is C17H17F2N3O4. The van der Waals surface area contributed by atoms with Gasteiger partial charge in [-0.2, -0.15) is 8.78 Å². The first kappa shape index (κ1) is 18.0. The molecule has 0 spiro atoms. The van der Waals surface area contributed by atoms with Gasteiger partial charge in [0.2, 0.25) is 5.91 Å². The molecule has 1 amide bonds. The van der Waals surface area contributed by atoms with E-state index in [1.165, 1.54) is 23.0 Å². The highest BCUT2D eigenvalue weighted by Crippen LogP contribution is 2.14. The normalized spacial score (nSPS) is 13.3. The lowest BCUT2D eigenvalue weighted by atomic mass is 10.1. The summed E-state index contributed by atoms with van der Waals surface area (Å²) in [5.41, 5.74) is 1.63. The van der Waals surface area contributed by atoms with Crippen LogP contribution in [0.3, 0.4) is 0 Å². The number of amides is 1. The van der Waals surface area contributed by atoms with Gasteiger partial charge in [-0.05, 0) is 17.7 Å². The molecule has 0 aliphatic carbocycles. The van der Waals surface area contributed by atoms with Crippen LogP contribution in [-0.4, -0.2) is 28.7 Å². The van der Waals surface area contributed by atoms with Crippen molar-refractivity contribution in [3.63, 3.8) is 0 Å². The van der Waals surface area contributed by atoms with E-state index in [0.29, 0.717) is 29.8 Å². The van der Waals surface area contributed by atoms with Crippen LogP contribution < -0.4 is 15.6 Å². The van der Waals surface area contributed by atoms with Gasteiger partial charge in [0.05, 0.1) is 30.8 Å².